The quantitative estimate of drug-likeness (QED) is 0.555. The highest BCUT2D eigenvalue weighted by molar-refractivity contribution is 5.94. The zero-order valence-electron chi connectivity index (χ0n) is 17.4. The number of amides is 1. The van der Waals surface area contributed by atoms with Crippen LogP contribution >= 0.6 is 0 Å². The van der Waals surface area contributed by atoms with Gasteiger partial charge in [-0.25, -0.2) is 4.98 Å². The van der Waals surface area contributed by atoms with E-state index in [0.717, 1.165) is 53.1 Å². The molecule has 31 heavy (non-hydrogen) atoms. The number of anilines is 1. The average molecular weight is 409 g/mol. The summed E-state index contributed by atoms with van der Waals surface area (Å²) in [6.07, 6.45) is 6.20. The Bertz CT molecular complexity index is 1270. The first-order valence-corrected chi connectivity index (χ1v) is 10.4. The lowest BCUT2D eigenvalue weighted by atomic mass is 10.0. The molecular weight excluding hydrogens is 386 g/mol. The first-order chi connectivity index (χ1) is 15.2. The molecule has 3 aromatic heterocycles. The summed E-state index contributed by atoms with van der Waals surface area (Å²) in [5, 5.41) is 4.06. The number of carbonyl (C=O) groups excluding carboxylic acids is 1. The van der Waals surface area contributed by atoms with Crippen molar-refractivity contribution >= 4 is 22.6 Å². The first-order valence-electron chi connectivity index (χ1n) is 10.4. The third-order valence-electron chi connectivity index (χ3n) is 5.70. The summed E-state index contributed by atoms with van der Waals surface area (Å²) in [6.45, 7) is 4.13. The van der Waals surface area contributed by atoms with Gasteiger partial charge in [0.2, 0.25) is 0 Å². The number of aryl methyl sites for hydroxylation is 1. The molecule has 6 heteroatoms. The Morgan fingerprint density at radius 2 is 1.94 bits per heavy atom. The van der Waals surface area contributed by atoms with Crippen molar-refractivity contribution in [2.75, 3.05) is 11.4 Å². The molecular formula is C25H23N5O. The number of pyridine rings is 3. The van der Waals surface area contributed by atoms with E-state index in [9.17, 15) is 4.79 Å². The number of hydrogen-bond acceptors (Lipinski definition) is 5. The van der Waals surface area contributed by atoms with E-state index >= 15 is 0 Å². The average Bonchev–Trinajstić information content (AvgIpc) is 2.82. The molecule has 4 heterocycles. The van der Waals surface area contributed by atoms with Crippen LogP contribution < -0.4 is 10.2 Å². The SMILES string of the molecule is Cc1cc(C(=O)NCc2ccc3ncccc3c2)cnc1N1CCc2ncccc2C1. The molecule has 5 rings (SSSR count). The number of benzene rings is 1. The molecule has 6 nitrogen and oxygen atoms in total. The van der Waals surface area contributed by atoms with Crippen LogP contribution in [0.2, 0.25) is 0 Å². The van der Waals surface area contributed by atoms with Gasteiger partial charge in [-0.3, -0.25) is 14.8 Å². The van der Waals surface area contributed by atoms with Gasteiger partial charge in [0.05, 0.1) is 11.1 Å². The van der Waals surface area contributed by atoms with Gasteiger partial charge >= 0.3 is 0 Å². The van der Waals surface area contributed by atoms with Crippen LogP contribution in [0.4, 0.5) is 5.82 Å². The maximum atomic E-state index is 12.7. The number of nitrogens with one attached hydrogen (secondary N) is 1. The number of aromatic nitrogens is 3. The molecule has 0 saturated heterocycles. The highest BCUT2D eigenvalue weighted by atomic mass is 16.1. The molecule has 1 N–H and O–H groups in total. The van der Waals surface area contributed by atoms with Crippen molar-refractivity contribution in [2.24, 2.45) is 0 Å². The minimum Gasteiger partial charge on any atom is -0.352 e. The molecule has 0 unspecified atom stereocenters. The lowest BCUT2D eigenvalue weighted by molar-refractivity contribution is 0.0950. The van der Waals surface area contributed by atoms with Crippen LogP contribution in [0.15, 0.2) is 67.1 Å². The molecule has 4 aromatic rings. The monoisotopic (exact) mass is 409 g/mol. The zero-order chi connectivity index (χ0) is 21.2. The van der Waals surface area contributed by atoms with Gasteiger partial charge in [0, 0.05) is 55.7 Å². The van der Waals surface area contributed by atoms with E-state index in [1.807, 2.05) is 49.5 Å². The van der Waals surface area contributed by atoms with Crippen molar-refractivity contribution in [1.29, 1.82) is 0 Å². The summed E-state index contributed by atoms with van der Waals surface area (Å²) >= 11 is 0. The maximum absolute atomic E-state index is 12.7. The van der Waals surface area contributed by atoms with Gasteiger partial charge in [0.25, 0.3) is 5.91 Å². The predicted molar refractivity (Wildman–Crippen MR) is 121 cm³/mol. The summed E-state index contributed by atoms with van der Waals surface area (Å²) in [5.41, 5.74) is 5.96. The van der Waals surface area contributed by atoms with E-state index in [1.54, 1.807) is 12.4 Å². The molecule has 1 aliphatic heterocycles. The van der Waals surface area contributed by atoms with E-state index < -0.39 is 0 Å². The minimum atomic E-state index is -0.123. The number of carbonyl (C=O) groups is 1. The molecule has 0 fully saturated rings. The topological polar surface area (TPSA) is 71.0 Å². The van der Waals surface area contributed by atoms with Crippen LogP contribution in [-0.2, 0) is 19.5 Å². The summed E-state index contributed by atoms with van der Waals surface area (Å²) < 4.78 is 0. The maximum Gasteiger partial charge on any atom is 0.253 e. The summed E-state index contributed by atoms with van der Waals surface area (Å²) in [6, 6.07) is 16.0. The number of fused-ring (bicyclic) bond motifs is 2. The third kappa shape index (κ3) is 3.97. The highest BCUT2D eigenvalue weighted by Crippen LogP contribution is 2.25. The van der Waals surface area contributed by atoms with E-state index in [0.29, 0.717) is 12.1 Å². The van der Waals surface area contributed by atoms with Crippen LogP contribution in [0.25, 0.3) is 10.9 Å². The predicted octanol–water partition coefficient (Wildman–Crippen LogP) is 3.83. The Labute approximate surface area is 181 Å². The van der Waals surface area contributed by atoms with Crippen molar-refractivity contribution < 1.29 is 4.79 Å². The Balaban J connectivity index is 1.27. The lowest BCUT2D eigenvalue weighted by Crippen LogP contribution is -2.32. The molecule has 0 radical (unpaired) electrons. The first kappa shape index (κ1) is 19.2. The minimum absolute atomic E-state index is 0.123. The van der Waals surface area contributed by atoms with Crippen molar-refractivity contribution in [1.82, 2.24) is 20.3 Å². The molecule has 1 aliphatic rings. The summed E-state index contributed by atoms with van der Waals surface area (Å²) in [4.78, 5) is 28.4. The molecule has 0 atom stereocenters. The molecule has 0 bridgehead atoms. The van der Waals surface area contributed by atoms with Gasteiger partial charge in [0.15, 0.2) is 0 Å². The Morgan fingerprint density at radius 3 is 2.84 bits per heavy atom. The standard InChI is InChI=1S/C25H23N5O/c1-17-12-21(15-28-24(17)30-11-8-23-20(16-30)5-3-10-27-23)25(31)29-14-18-6-7-22-19(13-18)4-2-9-26-22/h2-7,9-10,12-13,15H,8,11,14,16H2,1H3,(H,29,31). The van der Waals surface area contributed by atoms with Crippen molar-refractivity contribution in [2.45, 2.75) is 26.4 Å². The van der Waals surface area contributed by atoms with Gasteiger partial charge in [0.1, 0.15) is 5.82 Å². The van der Waals surface area contributed by atoms with Crippen LogP contribution in [0.3, 0.4) is 0 Å². The second-order valence-electron chi connectivity index (χ2n) is 7.86. The fourth-order valence-electron chi connectivity index (χ4n) is 4.09. The van der Waals surface area contributed by atoms with Gasteiger partial charge in [-0.15, -0.1) is 0 Å². The van der Waals surface area contributed by atoms with Crippen molar-refractivity contribution in [3.05, 3.63) is 95.1 Å². The molecule has 0 aliphatic carbocycles. The van der Waals surface area contributed by atoms with Gasteiger partial charge in [-0.05, 0) is 53.9 Å². The molecule has 0 spiro atoms. The highest BCUT2D eigenvalue weighted by Gasteiger charge is 2.20. The fraction of sp³-hybridized carbons (Fsp3) is 0.200. The number of rotatable bonds is 4. The Hall–Kier alpha value is -3.80. The molecule has 1 amide bonds. The van der Waals surface area contributed by atoms with E-state index in [-0.39, 0.29) is 5.91 Å². The van der Waals surface area contributed by atoms with Crippen molar-refractivity contribution in [3.63, 3.8) is 0 Å². The largest absolute Gasteiger partial charge is 0.352 e. The Morgan fingerprint density at radius 1 is 1.06 bits per heavy atom. The van der Waals surface area contributed by atoms with E-state index in [1.165, 1.54) is 5.56 Å². The van der Waals surface area contributed by atoms with Crippen LogP contribution in [0, 0.1) is 6.92 Å². The Kier molecular flexibility index (Phi) is 5.04. The smallest absolute Gasteiger partial charge is 0.253 e. The van der Waals surface area contributed by atoms with Crippen LogP contribution in [0.5, 0.6) is 0 Å². The van der Waals surface area contributed by atoms with E-state index in [2.05, 4.69) is 37.3 Å². The molecule has 154 valence electrons. The molecule has 1 aromatic carbocycles. The van der Waals surface area contributed by atoms with Gasteiger partial charge in [-0.2, -0.15) is 0 Å². The summed E-state index contributed by atoms with van der Waals surface area (Å²) in [5.74, 6) is 0.801. The van der Waals surface area contributed by atoms with Gasteiger partial charge in [-0.1, -0.05) is 18.2 Å². The number of nitrogens with zero attached hydrogens (tertiary/aromatic N) is 4. The fourth-order valence-corrected chi connectivity index (χ4v) is 4.09. The normalized spacial score (nSPS) is 13.1. The van der Waals surface area contributed by atoms with Gasteiger partial charge < -0.3 is 10.2 Å². The van der Waals surface area contributed by atoms with Crippen molar-refractivity contribution in [3.8, 4) is 0 Å². The molecule has 0 saturated carbocycles. The summed E-state index contributed by atoms with van der Waals surface area (Å²) in [7, 11) is 0. The third-order valence-corrected chi connectivity index (χ3v) is 5.70. The van der Waals surface area contributed by atoms with Crippen LogP contribution in [-0.4, -0.2) is 27.4 Å². The second-order valence-corrected chi connectivity index (χ2v) is 7.86. The zero-order valence-corrected chi connectivity index (χ0v) is 17.4. The number of hydrogen-bond donors (Lipinski definition) is 1. The van der Waals surface area contributed by atoms with Crippen LogP contribution in [0.1, 0.15) is 32.7 Å². The second kappa shape index (κ2) is 8.14. The van der Waals surface area contributed by atoms with E-state index in [4.69, 9.17) is 0 Å². The lowest BCUT2D eigenvalue weighted by Gasteiger charge is -2.30.